The van der Waals surface area contributed by atoms with E-state index in [0.29, 0.717) is 12.1 Å². The molecule has 0 aliphatic carbocycles. The van der Waals surface area contributed by atoms with Crippen LogP contribution in [-0.2, 0) is 36.2 Å². The van der Waals surface area contributed by atoms with E-state index in [1.54, 1.807) is 0 Å². The Hall–Kier alpha value is -2.89. The maximum Gasteiger partial charge on any atom is 0.416 e. The van der Waals surface area contributed by atoms with E-state index < -0.39 is 76.1 Å². The Morgan fingerprint density at radius 1 is 0.970 bits per heavy atom. The SMILES string of the molecule is CC(C)(C)C(=O)OC12C=CC(O1)C1C(=O)N(c3cc(C(F)(F)F)cc(C(F)(F)F)c3)C(=O)C12. The minimum Gasteiger partial charge on any atom is -0.428 e. The lowest BCUT2D eigenvalue weighted by molar-refractivity contribution is -0.212. The molecule has 1 aromatic rings. The molecular formula is C21H17F6NO5. The van der Waals surface area contributed by atoms with Crippen LogP contribution in [0.15, 0.2) is 30.4 Å². The quantitative estimate of drug-likeness (QED) is 0.278. The van der Waals surface area contributed by atoms with Gasteiger partial charge in [-0.25, -0.2) is 4.90 Å². The average molecular weight is 477 g/mol. The highest BCUT2D eigenvalue weighted by atomic mass is 19.4. The van der Waals surface area contributed by atoms with Crippen molar-refractivity contribution in [2.75, 3.05) is 4.90 Å². The summed E-state index contributed by atoms with van der Waals surface area (Å²) in [5.41, 5.74) is -5.23. The number of carbonyl (C=O) groups is 3. The van der Waals surface area contributed by atoms with Crippen LogP contribution in [0.1, 0.15) is 31.9 Å². The molecule has 2 fully saturated rings. The predicted octanol–water partition coefficient (Wildman–Crippen LogP) is 4.08. The number of carbonyl (C=O) groups excluding carboxylic acids is 3. The van der Waals surface area contributed by atoms with Gasteiger partial charge >= 0.3 is 18.3 Å². The van der Waals surface area contributed by atoms with Crippen molar-refractivity contribution in [1.29, 1.82) is 0 Å². The summed E-state index contributed by atoms with van der Waals surface area (Å²) in [6.45, 7) is 4.59. The zero-order chi connectivity index (χ0) is 24.7. The molecule has 4 unspecified atom stereocenters. The van der Waals surface area contributed by atoms with Gasteiger partial charge in [0.25, 0.3) is 0 Å². The Balaban J connectivity index is 1.77. The Morgan fingerprint density at radius 3 is 2.00 bits per heavy atom. The lowest BCUT2D eigenvalue weighted by Crippen LogP contribution is -2.46. The van der Waals surface area contributed by atoms with E-state index in [1.807, 2.05) is 0 Å². The average Bonchev–Trinajstić information content (AvgIpc) is 3.29. The van der Waals surface area contributed by atoms with Gasteiger partial charge in [-0.1, -0.05) is 6.08 Å². The Labute approximate surface area is 183 Å². The van der Waals surface area contributed by atoms with Gasteiger partial charge in [0.2, 0.25) is 17.6 Å². The largest absolute Gasteiger partial charge is 0.428 e. The highest BCUT2D eigenvalue weighted by Gasteiger charge is 2.70. The highest BCUT2D eigenvalue weighted by Crippen LogP contribution is 2.54. The van der Waals surface area contributed by atoms with Crippen molar-refractivity contribution < 1.29 is 50.2 Å². The number of alkyl halides is 6. The summed E-state index contributed by atoms with van der Waals surface area (Å²) in [7, 11) is 0. The Morgan fingerprint density at radius 2 is 1.52 bits per heavy atom. The van der Waals surface area contributed by atoms with Gasteiger partial charge in [0.15, 0.2) is 0 Å². The summed E-state index contributed by atoms with van der Waals surface area (Å²) in [4.78, 5) is 38.9. The van der Waals surface area contributed by atoms with Crippen LogP contribution in [0.5, 0.6) is 0 Å². The number of halogens is 6. The van der Waals surface area contributed by atoms with Crippen LogP contribution >= 0.6 is 0 Å². The number of ether oxygens (including phenoxy) is 2. The first-order valence-corrected chi connectivity index (χ1v) is 9.74. The molecule has 3 heterocycles. The summed E-state index contributed by atoms with van der Waals surface area (Å²) in [5, 5.41) is 0. The van der Waals surface area contributed by atoms with Crippen molar-refractivity contribution >= 4 is 23.5 Å². The van der Waals surface area contributed by atoms with Gasteiger partial charge in [-0.2, -0.15) is 26.3 Å². The first kappa shape index (κ1) is 23.3. The molecule has 0 aromatic heterocycles. The first-order valence-electron chi connectivity index (χ1n) is 9.74. The van der Waals surface area contributed by atoms with Gasteiger partial charge in [-0.05, 0) is 45.0 Å². The van der Waals surface area contributed by atoms with Crippen molar-refractivity contribution in [3.63, 3.8) is 0 Å². The van der Waals surface area contributed by atoms with Gasteiger partial charge in [-0.3, -0.25) is 14.4 Å². The predicted molar refractivity (Wildman–Crippen MR) is 98.2 cm³/mol. The van der Waals surface area contributed by atoms with Crippen LogP contribution in [0.25, 0.3) is 0 Å². The second-order valence-corrected chi connectivity index (χ2v) is 9.08. The lowest BCUT2D eigenvalue weighted by Gasteiger charge is -2.31. The number of imide groups is 1. The molecule has 0 N–H and O–H groups in total. The van der Waals surface area contributed by atoms with E-state index >= 15 is 0 Å². The van der Waals surface area contributed by atoms with Gasteiger partial charge < -0.3 is 9.47 Å². The fraction of sp³-hybridized carbons (Fsp3) is 0.476. The van der Waals surface area contributed by atoms with Crippen LogP contribution in [0, 0.1) is 17.3 Å². The second-order valence-electron chi connectivity index (χ2n) is 9.08. The van der Waals surface area contributed by atoms with Crippen LogP contribution in [0.4, 0.5) is 32.0 Å². The molecule has 2 saturated heterocycles. The fourth-order valence-electron chi connectivity index (χ4n) is 4.08. The Kier molecular flexibility index (Phi) is 4.80. The maximum atomic E-state index is 13.3. The van der Waals surface area contributed by atoms with E-state index in [1.165, 1.54) is 32.9 Å². The minimum absolute atomic E-state index is 0.101. The topological polar surface area (TPSA) is 72.9 Å². The molecule has 178 valence electrons. The van der Waals surface area contributed by atoms with E-state index in [2.05, 4.69) is 0 Å². The highest BCUT2D eigenvalue weighted by molar-refractivity contribution is 6.23. The van der Waals surface area contributed by atoms with Crippen LogP contribution in [0.3, 0.4) is 0 Å². The van der Waals surface area contributed by atoms with Crippen LogP contribution in [-0.4, -0.2) is 29.7 Å². The smallest absolute Gasteiger partial charge is 0.416 e. The molecule has 0 saturated carbocycles. The third-order valence-electron chi connectivity index (χ3n) is 5.67. The summed E-state index contributed by atoms with van der Waals surface area (Å²) in [5.74, 6) is -7.62. The normalized spacial score (nSPS) is 29.1. The molecule has 1 aromatic carbocycles. The molecule has 12 heteroatoms. The fourth-order valence-corrected chi connectivity index (χ4v) is 4.08. The van der Waals surface area contributed by atoms with Gasteiger partial charge in [-0.15, -0.1) is 0 Å². The number of hydrogen-bond donors (Lipinski definition) is 0. The van der Waals surface area contributed by atoms with E-state index in [9.17, 15) is 40.7 Å². The summed E-state index contributed by atoms with van der Waals surface area (Å²) in [6, 6.07) is 0.503. The molecule has 3 aliphatic heterocycles. The molecular weight excluding hydrogens is 460 g/mol. The summed E-state index contributed by atoms with van der Waals surface area (Å²) >= 11 is 0. The lowest BCUT2D eigenvalue weighted by atomic mass is 9.82. The van der Waals surface area contributed by atoms with Crippen molar-refractivity contribution in [3.05, 3.63) is 41.5 Å². The number of anilines is 1. The maximum absolute atomic E-state index is 13.3. The molecule has 33 heavy (non-hydrogen) atoms. The number of hydrogen-bond acceptors (Lipinski definition) is 5. The van der Waals surface area contributed by atoms with Gasteiger partial charge in [0.1, 0.15) is 5.92 Å². The van der Waals surface area contributed by atoms with Crippen molar-refractivity contribution in [2.45, 2.75) is 45.0 Å². The summed E-state index contributed by atoms with van der Waals surface area (Å²) < 4.78 is 90.5. The zero-order valence-corrected chi connectivity index (χ0v) is 17.4. The Bertz CT molecular complexity index is 1050. The number of fused-ring (bicyclic) bond motifs is 5. The standard InChI is InChI=1S/C21H17F6NO5/c1-18(2,3)17(31)33-19-5-4-12(32-19)13-14(19)16(30)28(15(13)29)11-7-9(20(22,23)24)6-10(8-11)21(25,26)27/h4-8,12-14H,1-3H3. The number of benzene rings is 1. The molecule has 2 amide bonds. The first-order chi connectivity index (χ1) is 15.0. The molecule has 0 radical (unpaired) electrons. The molecule has 3 aliphatic rings. The second kappa shape index (κ2) is 6.81. The number of nitrogens with zero attached hydrogens (tertiary/aromatic N) is 1. The third-order valence-corrected chi connectivity index (χ3v) is 5.67. The molecule has 0 spiro atoms. The van der Waals surface area contributed by atoms with Crippen molar-refractivity contribution in [1.82, 2.24) is 0 Å². The number of rotatable bonds is 2. The molecule has 6 nitrogen and oxygen atoms in total. The van der Waals surface area contributed by atoms with Gasteiger partial charge in [0.05, 0.1) is 34.3 Å². The van der Waals surface area contributed by atoms with Crippen LogP contribution < -0.4 is 4.90 Å². The van der Waals surface area contributed by atoms with E-state index in [-0.39, 0.29) is 11.0 Å². The van der Waals surface area contributed by atoms with Crippen molar-refractivity contribution in [3.8, 4) is 0 Å². The summed E-state index contributed by atoms with van der Waals surface area (Å²) in [6.07, 6.45) is -8.71. The van der Waals surface area contributed by atoms with E-state index in [0.717, 1.165) is 0 Å². The van der Waals surface area contributed by atoms with Crippen LogP contribution in [0.2, 0.25) is 0 Å². The molecule has 4 atom stereocenters. The number of esters is 1. The zero-order valence-electron chi connectivity index (χ0n) is 17.4. The van der Waals surface area contributed by atoms with Crippen molar-refractivity contribution in [2.24, 2.45) is 17.3 Å². The number of amides is 2. The van der Waals surface area contributed by atoms with E-state index in [4.69, 9.17) is 9.47 Å². The molecule has 4 rings (SSSR count). The molecule has 2 bridgehead atoms. The van der Waals surface area contributed by atoms with Gasteiger partial charge in [0, 0.05) is 0 Å². The monoisotopic (exact) mass is 477 g/mol. The minimum atomic E-state index is -5.16. The third kappa shape index (κ3) is 3.60.